The van der Waals surface area contributed by atoms with Crippen LogP contribution in [0.15, 0.2) is 16.3 Å². The summed E-state index contributed by atoms with van der Waals surface area (Å²) >= 11 is 0. The first-order chi connectivity index (χ1) is 5.27. The van der Waals surface area contributed by atoms with E-state index in [1.54, 1.807) is 0 Å². The van der Waals surface area contributed by atoms with Crippen molar-refractivity contribution in [2.24, 2.45) is 4.99 Å². The van der Waals surface area contributed by atoms with E-state index in [4.69, 9.17) is 0 Å². The van der Waals surface area contributed by atoms with Gasteiger partial charge in [-0.15, -0.1) is 13.8 Å². The first-order valence-corrected chi connectivity index (χ1v) is 3.64. The third kappa shape index (κ3) is 2.83. The van der Waals surface area contributed by atoms with Crippen molar-refractivity contribution >= 4 is 5.84 Å². The summed E-state index contributed by atoms with van der Waals surface area (Å²) in [5, 5.41) is 3.12. The van der Waals surface area contributed by atoms with E-state index in [0.717, 1.165) is 23.7 Å². The Morgan fingerprint density at radius 1 is 1.33 bits per heavy atom. The maximum atomic E-state index is 4.23. The van der Waals surface area contributed by atoms with Gasteiger partial charge in [-0.3, -0.25) is 10.7 Å². The zero-order valence-electron chi connectivity index (χ0n) is 7.73. The standard InChI is InChI=1S/C9H12N2.Y/c1-4-8-6-10-7(3)11-9(8)5-2;/h6H2,1-3H3,(H,10,11);/q-2;. The Morgan fingerprint density at radius 3 is 2.50 bits per heavy atom. The Hall–Kier alpha value is 0.0539. The molecule has 1 heterocycles. The number of aliphatic imine (C=N–C) groups is 1. The Bertz CT molecular complexity index is 239. The molecule has 0 bridgehead atoms. The second-order valence-corrected chi connectivity index (χ2v) is 2.38. The quantitative estimate of drug-likeness (QED) is 0.634. The van der Waals surface area contributed by atoms with Crippen molar-refractivity contribution < 1.29 is 32.7 Å². The number of nitrogens with zero attached hydrogens (tertiary/aromatic N) is 1. The zero-order chi connectivity index (χ0) is 8.27. The molecule has 0 aromatic heterocycles. The van der Waals surface area contributed by atoms with E-state index in [0.29, 0.717) is 0 Å². The van der Waals surface area contributed by atoms with Crippen LogP contribution >= 0.6 is 0 Å². The predicted molar refractivity (Wildman–Crippen MR) is 46.0 cm³/mol. The van der Waals surface area contributed by atoms with Crippen LogP contribution < -0.4 is 5.32 Å². The smallest absolute Gasteiger partial charge is 0.0773 e. The van der Waals surface area contributed by atoms with Crippen molar-refractivity contribution in [1.82, 2.24) is 5.32 Å². The summed E-state index contributed by atoms with van der Waals surface area (Å²) in [7, 11) is 0. The molecule has 0 aromatic carbocycles. The normalized spacial score (nSPS) is 23.1. The maximum Gasteiger partial charge on any atom is 0.0773 e. The molecule has 0 aromatic rings. The summed E-state index contributed by atoms with van der Waals surface area (Å²) in [6, 6.07) is 0. The van der Waals surface area contributed by atoms with Crippen LogP contribution in [0.2, 0.25) is 0 Å². The van der Waals surface area contributed by atoms with Gasteiger partial charge in [0.05, 0.1) is 5.84 Å². The van der Waals surface area contributed by atoms with E-state index in [9.17, 15) is 0 Å². The Balaban J connectivity index is 0.00000121. The average molecular weight is 237 g/mol. The van der Waals surface area contributed by atoms with Crippen LogP contribution in [0.25, 0.3) is 0 Å². The topological polar surface area (TPSA) is 24.4 Å². The minimum absolute atomic E-state index is 0. The number of allylic oxidation sites excluding steroid dienone is 2. The second-order valence-electron chi connectivity index (χ2n) is 2.38. The largest absolute Gasteiger partial charge is 0.457 e. The molecule has 0 saturated heterocycles. The molecule has 0 aliphatic carbocycles. The number of hydrogen-bond acceptors (Lipinski definition) is 2. The molecule has 1 rings (SSSR count). The van der Waals surface area contributed by atoms with Gasteiger partial charge in [-0.2, -0.15) is 0 Å². The average Bonchev–Trinajstić information content (AvgIpc) is 2.04. The number of nitrogens with one attached hydrogen (secondary N) is 1. The van der Waals surface area contributed by atoms with Gasteiger partial charge in [0.15, 0.2) is 0 Å². The molecule has 0 amide bonds. The van der Waals surface area contributed by atoms with Crippen LogP contribution in [0.3, 0.4) is 0 Å². The van der Waals surface area contributed by atoms with E-state index in [1.807, 2.05) is 20.8 Å². The summed E-state index contributed by atoms with van der Waals surface area (Å²) in [5.74, 6) is 0.952. The van der Waals surface area contributed by atoms with E-state index in [-0.39, 0.29) is 32.7 Å². The number of hydrogen-bond donors (Lipinski definition) is 1. The van der Waals surface area contributed by atoms with Crippen molar-refractivity contribution in [3.8, 4) is 0 Å². The van der Waals surface area contributed by atoms with Crippen LogP contribution in [0.1, 0.15) is 20.8 Å². The molecular formula is C9H12N2Y-2. The molecule has 0 spiro atoms. The minimum atomic E-state index is 0. The van der Waals surface area contributed by atoms with Crippen molar-refractivity contribution in [3.63, 3.8) is 0 Å². The predicted octanol–water partition coefficient (Wildman–Crippen LogP) is 1.46. The van der Waals surface area contributed by atoms with Gasteiger partial charge in [0.25, 0.3) is 0 Å². The fraction of sp³-hybridized carbons (Fsp3) is 0.444. The molecule has 0 fully saturated rings. The van der Waals surface area contributed by atoms with Crippen molar-refractivity contribution in [2.75, 3.05) is 6.54 Å². The van der Waals surface area contributed by atoms with E-state index >= 15 is 0 Å². The van der Waals surface area contributed by atoms with Crippen LogP contribution in [0.5, 0.6) is 0 Å². The fourth-order valence-corrected chi connectivity index (χ4v) is 0.990. The van der Waals surface area contributed by atoms with Gasteiger partial charge < -0.3 is 23.0 Å². The van der Waals surface area contributed by atoms with Gasteiger partial charge in [0.1, 0.15) is 0 Å². The monoisotopic (exact) mass is 237 g/mol. The second kappa shape index (κ2) is 5.66. The van der Waals surface area contributed by atoms with Crippen molar-refractivity contribution in [2.45, 2.75) is 20.8 Å². The Labute approximate surface area is 99.1 Å². The van der Waals surface area contributed by atoms with Gasteiger partial charge in [-0.1, -0.05) is 0 Å². The number of rotatable bonds is 0. The van der Waals surface area contributed by atoms with Crippen LogP contribution in [0, 0.1) is 12.2 Å². The molecule has 12 heavy (non-hydrogen) atoms. The third-order valence-corrected chi connectivity index (χ3v) is 1.63. The SMILES string of the molecule is C[C-]=C1CN=C(C)NC1=[C-]C.[Y]. The van der Waals surface area contributed by atoms with Crippen molar-refractivity contribution in [1.29, 1.82) is 0 Å². The van der Waals surface area contributed by atoms with Gasteiger partial charge in [-0.05, 0) is 13.5 Å². The van der Waals surface area contributed by atoms with Gasteiger partial charge >= 0.3 is 0 Å². The molecule has 0 unspecified atom stereocenters. The third-order valence-electron chi connectivity index (χ3n) is 1.63. The molecule has 3 heteroatoms. The molecule has 1 N–H and O–H groups in total. The first kappa shape index (κ1) is 12.1. The van der Waals surface area contributed by atoms with Gasteiger partial charge in [0.2, 0.25) is 0 Å². The Morgan fingerprint density at radius 2 is 2.00 bits per heavy atom. The van der Waals surface area contributed by atoms with Crippen LogP contribution in [-0.2, 0) is 32.7 Å². The molecular weight excluding hydrogens is 225 g/mol. The van der Waals surface area contributed by atoms with Crippen LogP contribution in [-0.4, -0.2) is 12.4 Å². The minimum Gasteiger partial charge on any atom is -0.457 e. The van der Waals surface area contributed by atoms with Gasteiger partial charge in [-0.25, -0.2) is 0 Å². The van der Waals surface area contributed by atoms with Gasteiger partial charge in [0, 0.05) is 32.7 Å². The molecule has 0 atom stereocenters. The van der Waals surface area contributed by atoms with E-state index < -0.39 is 0 Å². The summed E-state index contributed by atoms with van der Waals surface area (Å²) in [6.45, 7) is 6.46. The summed E-state index contributed by atoms with van der Waals surface area (Å²) < 4.78 is 0. The molecule has 2 nitrogen and oxygen atoms in total. The van der Waals surface area contributed by atoms with E-state index in [2.05, 4.69) is 22.5 Å². The molecule has 0 saturated carbocycles. The first-order valence-electron chi connectivity index (χ1n) is 3.64. The molecule has 1 aliphatic heterocycles. The molecule has 1 aliphatic rings. The zero-order valence-corrected chi connectivity index (χ0v) is 10.6. The van der Waals surface area contributed by atoms with E-state index in [1.165, 1.54) is 0 Å². The molecule has 63 valence electrons. The fourth-order valence-electron chi connectivity index (χ4n) is 0.990. The summed E-state index contributed by atoms with van der Waals surface area (Å²) in [5.41, 5.74) is 2.11. The summed E-state index contributed by atoms with van der Waals surface area (Å²) in [4.78, 5) is 4.23. The van der Waals surface area contributed by atoms with Crippen molar-refractivity contribution in [3.05, 3.63) is 23.4 Å². The van der Waals surface area contributed by atoms with Crippen LogP contribution in [0.4, 0.5) is 0 Å². The maximum absolute atomic E-state index is 4.23. The molecule has 1 radical (unpaired) electrons. The Kier molecular flexibility index (Phi) is 5.68. The number of amidine groups is 1. The summed E-state index contributed by atoms with van der Waals surface area (Å²) in [6.07, 6.45) is 6.13.